The Bertz CT molecular complexity index is 890. The summed E-state index contributed by atoms with van der Waals surface area (Å²) in [4.78, 5) is 25.5. The van der Waals surface area contributed by atoms with Crippen LogP contribution in [0.4, 0.5) is 17.3 Å². The summed E-state index contributed by atoms with van der Waals surface area (Å²) in [6.45, 7) is 0.307. The third kappa shape index (κ3) is 4.04. The van der Waals surface area contributed by atoms with Gasteiger partial charge in [-0.25, -0.2) is 4.98 Å². The number of rotatable bonds is 6. The van der Waals surface area contributed by atoms with Crippen LogP contribution in [0.3, 0.4) is 0 Å². The van der Waals surface area contributed by atoms with E-state index >= 15 is 0 Å². The maximum absolute atomic E-state index is 11.9. The number of hydrogen-bond donors (Lipinski definition) is 3. The van der Waals surface area contributed by atoms with E-state index in [1.54, 1.807) is 36.4 Å². The number of amides is 1. The largest absolute Gasteiger partial charge is 0.495 e. The Hall–Kier alpha value is -3.13. The molecule has 3 aromatic rings. The number of carbonyl (C=O) groups is 1. The molecule has 0 bridgehead atoms. The van der Waals surface area contributed by atoms with E-state index in [4.69, 9.17) is 4.74 Å². The number of aromatic amines is 1. The number of likely N-dealkylation sites (N-methyl/N-ethyl adjacent to an activating group) is 1. The van der Waals surface area contributed by atoms with Crippen molar-refractivity contribution in [1.82, 2.24) is 19.9 Å². The van der Waals surface area contributed by atoms with Gasteiger partial charge in [-0.3, -0.25) is 4.79 Å². The average Bonchev–Trinajstić information content (AvgIpc) is 3.02. The summed E-state index contributed by atoms with van der Waals surface area (Å²) in [5, 5.41) is 6.92. The van der Waals surface area contributed by atoms with Gasteiger partial charge >= 0.3 is 0 Å². The van der Waals surface area contributed by atoms with Crippen molar-refractivity contribution >= 4 is 34.3 Å². The van der Waals surface area contributed by atoms with Crippen molar-refractivity contribution in [3.63, 3.8) is 0 Å². The van der Waals surface area contributed by atoms with Gasteiger partial charge in [0.2, 0.25) is 11.9 Å². The molecule has 1 amide bonds. The SMILES string of the molecule is COc1ccc(NC(=O)CN(C)C)cc1Nc1ncc2cc[nH]c2n1. The second-order valence-corrected chi connectivity index (χ2v) is 5.80. The Balaban J connectivity index is 1.83. The number of carbonyl (C=O) groups excluding carboxylic acids is 1. The van der Waals surface area contributed by atoms with Crippen LogP contribution in [-0.2, 0) is 4.79 Å². The molecule has 1 aromatic carbocycles. The van der Waals surface area contributed by atoms with Gasteiger partial charge in [0.25, 0.3) is 0 Å². The zero-order chi connectivity index (χ0) is 17.8. The van der Waals surface area contributed by atoms with Gasteiger partial charge in [-0.15, -0.1) is 0 Å². The molecule has 0 fully saturated rings. The lowest BCUT2D eigenvalue weighted by molar-refractivity contribution is -0.116. The lowest BCUT2D eigenvalue weighted by atomic mass is 10.2. The quantitative estimate of drug-likeness (QED) is 0.637. The zero-order valence-electron chi connectivity index (χ0n) is 14.3. The topological polar surface area (TPSA) is 95.2 Å². The Morgan fingerprint density at radius 3 is 2.92 bits per heavy atom. The van der Waals surface area contributed by atoms with E-state index in [1.165, 1.54) is 0 Å². The number of ether oxygens (including phenoxy) is 1. The van der Waals surface area contributed by atoms with Crippen LogP contribution < -0.4 is 15.4 Å². The second kappa shape index (κ2) is 7.18. The fraction of sp³-hybridized carbons (Fsp3) is 0.235. The third-order valence-electron chi connectivity index (χ3n) is 3.49. The lowest BCUT2D eigenvalue weighted by Crippen LogP contribution is -2.27. The molecule has 3 rings (SSSR count). The summed E-state index contributed by atoms with van der Waals surface area (Å²) < 4.78 is 5.37. The first-order valence-corrected chi connectivity index (χ1v) is 7.75. The number of anilines is 3. The standard InChI is InChI=1S/C17H20N6O2/c1-23(2)10-15(24)20-12-4-5-14(25-3)13(8-12)21-17-19-9-11-6-7-18-16(11)22-17/h4-9H,10H2,1-3H3,(H,20,24)(H2,18,19,21,22). The highest BCUT2D eigenvalue weighted by Gasteiger charge is 2.10. The predicted octanol–water partition coefficient (Wildman–Crippen LogP) is 2.21. The van der Waals surface area contributed by atoms with Gasteiger partial charge < -0.3 is 25.3 Å². The van der Waals surface area contributed by atoms with Gasteiger partial charge in [0.05, 0.1) is 19.3 Å². The van der Waals surface area contributed by atoms with Crippen molar-refractivity contribution in [2.75, 3.05) is 38.4 Å². The van der Waals surface area contributed by atoms with Gasteiger partial charge in [0.1, 0.15) is 11.4 Å². The number of aromatic nitrogens is 3. The molecule has 8 nitrogen and oxygen atoms in total. The number of H-pyrrole nitrogens is 1. The minimum Gasteiger partial charge on any atom is -0.495 e. The van der Waals surface area contributed by atoms with Crippen molar-refractivity contribution in [3.05, 3.63) is 36.7 Å². The van der Waals surface area contributed by atoms with Gasteiger partial charge in [-0.1, -0.05) is 0 Å². The fourth-order valence-electron chi connectivity index (χ4n) is 2.39. The molecule has 8 heteroatoms. The first-order chi connectivity index (χ1) is 12.0. The second-order valence-electron chi connectivity index (χ2n) is 5.80. The summed E-state index contributed by atoms with van der Waals surface area (Å²) in [6.07, 6.45) is 3.54. The fourth-order valence-corrected chi connectivity index (χ4v) is 2.39. The molecule has 3 N–H and O–H groups in total. The minimum atomic E-state index is -0.0924. The highest BCUT2D eigenvalue weighted by atomic mass is 16.5. The Labute approximate surface area is 145 Å². The number of hydrogen-bond acceptors (Lipinski definition) is 6. The minimum absolute atomic E-state index is 0.0924. The first-order valence-electron chi connectivity index (χ1n) is 7.75. The monoisotopic (exact) mass is 340 g/mol. The maximum atomic E-state index is 11.9. The summed E-state index contributed by atoms with van der Waals surface area (Å²) in [5.74, 6) is 0.969. The molecule has 2 heterocycles. The van der Waals surface area contributed by atoms with Gasteiger partial charge in [0.15, 0.2) is 0 Å². The van der Waals surface area contributed by atoms with Crippen LogP contribution in [0, 0.1) is 0 Å². The Morgan fingerprint density at radius 1 is 1.32 bits per heavy atom. The lowest BCUT2D eigenvalue weighted by Gasteiger charge is -2.14. The molecule has 0 aliphatic rings. The van der Waals surface area contributed by atoms with Crippen LogP contribution in [0.5, 0.6) is 5.75 Å². The summed E-state index contributed by atoms with van der Waals surface area (Å²) in [7, 11) is 5.27. The molecule has 0 spiro atoms. The molecule has 0 atom stereocenters. The Morgan fingerprint density at radius 2 is 2.16 bits per heavy atom. The van der Waals surface area contributed by atoms with E-state index in [0.717, 1.165) is 11.0 Å². The molecule has 0 radical (unpaired) electrons. The number of nitrogens with one attached hydrogen (secondary N) is 3. The number of benzene rings is 1. The van der Waals surface area contributed by atoms with Crippen molar-refractivity contribution in [2.24, 2.45) is 0 Å². The molecule has 0 saturated heterocycles. The number of fused-ring (bicyclic) bond motifs is 1. The van der Waals surface area contributed by atoms with Crippen molar-refractivity contribution in [2.45, 2.75) is 0 Å². The molecular weight excluding hydrogens is 320 g/mol. The smallest absolute Gasteiger partial charge is 0.238 e. The van der Waals surface area contributed by atoms with Crippen molar-refractivity contribution in [3.8, 4) is 5.75 Å². The average molecular weight is 340 g/mol. The van der Waals surface area contributed by atoms with Crippen LogP contribution in [0.1, 0.15) is 0 Å². The van der Waals surface area contributed by atoms with E-state index in [2.05, 4.69) is 25.6 Å². The molecule has 0 aliphatic heterocycles. The first kappa shape index (κ1) is 16.7. The van der Waals surface area contributed by atoms with Crippen molar-refractivity contribution < 1.29 is 9.53 Å². The highest BCUT2D eigenvalue weighted by molar-refractivity contribution is 5.93. The molecule has 2 aromatic heterocycles. The maximum Gasteiger partial charge on any atom is 0.238 e. The molecule has 0 aliphatic carbocycles. The van der Waals surface area contributed by atoms with Crippen LogP contribution in [0.15, 0.2) is 36.7 Å². The van der Waals surface area contributed by atoms with E-state index in [-0.39, 0.29) is 5.91 Å². The van der Waals surface area contributed by atoms with Crippen molar-refractivity contribution in [1.29, 1.82) is 0 Å². The Kier molecular flexibility index (Phi) is 4.80. The van der Waals surface area contributed by atoms with Crippen LogP contribution in [0.2, 0.25) is 0 Å². The summed E-state index contributed by atoms with van der Waals surface area (Å²) >= 11 is 0. The van der Waals surface area contributed by atoms with E-state index in [0.29, 0.717) is 29.6 Å². The van der Waals surface area contributed by atoms with Crippen LogP contribution in [0.25, 0.3) is 11.0 Å². The molecule has 0 saturated carbocycles. The molecular formula is C17H20N6O2. The molecule has 25 heavy (non-hydrogen) atoms. The van der Waals surface area contributed by atoms with Gasteiger partial charge in [-0.05, 0) is 38.4 Å². The van der Waals surface area contributed by atoms with E-state index in [1.807, 2.05) is 26.4 Å². The normalized spacial score (nSPS) is 10.9. The van der Waals surface area contributed by atoms with E-state index in [9.17, 15) is 4.79 Å². The molecule has 0 unspecified atom stereocenters. The number of methoxy groups -OCH3 is 1. The summed E-state index contributed by atoms with van der Waals surface area (Å²) in [6, 6.07) is 7.25. The third-order valence-corrected chi connectivity index (χ3v) is 3.49. The zero-order valence-corrected chi connectivity index (χ0v) is 14.3. The van der Waals surface area contributed by atoms with Crippen LogP contribution >= 0.6 is 0 Å². The van der Waals surface area contributed by atoms with E-state index < -0.39 is 0 Å². The highest BCUT2D eigenvalue weighted by Crippen LogP contribution is 2.30. The van der Waals surface area contributed by atoms with Crippen LogP contribution in [-0.4, -0.2) is 53.5 Å². The summed E-state index contributed by atoms with van der Waals surface area (Å²) in [5.41, 5.74) is 2.07. The van der Waals surface area contributed by atoms with Gasteiger partial charge in [0, 0.05) is 23.5 Å². The number of nitrogens with zero attached hydrogens (tertiary/aromatic N) is 3. The van der Waals surface area contributed by atoms with Gasteiger partial charge in [-0.2, -0.15) is 4.98 Å². The predicted molar refractivity (Wildman–Crippen MR) is 97.3 cm³/mol. The molecule has 130 valence electrons.